The number of carbonyl (C=O) groups excluding carboxylic acids is 1. The van der Waals surface area contributed by atoms with Crippen LogP contribution in [-0.2, 0) is 6.42 Å². The van der Waals surface area contributed by atoms with Gasteiger partial charge in [-0.25, -0.2) is 9.97 Å². The zero-order valence-corrected chi connectivity index (χ0v) is 15.7. The fourth-order valence-electron chi connectivity index (χ4n) is 2.96. The Hall–Kier alpha value is -3.38. The summed E-state index contributed by atoms with van der Waals surface area (Å²) in [6.07, 6.45) is 5.73. The molecule has 4 aromatic rings. The van der Waals surface area contributed by atoms with Gasteiger partial charge in [0.1, 0.15) is 0 Å². The normalized spacial score (nSPS) is 10.8. The van der Waals surface area contributed by atoms with Crippen molar-refractivity contribution in [3.05, 3.63) is 83.3 Å². The molecule has 4 rings (SSSR count). The first-order valence-electron chi connectivity index (χ1n) is 8.87. The predicted octanol–water partition coefficient (Wildman–Crippen LogP) is 4.33. The Labute approximate surface area is 167 Å². The van der Waals surface area contributed by atoms with Crippen LogP contribution in [0.15, 0.2) is 67.1 Å². The van der Waals surface area contributed by atoms with Gasteiger partial charge in [0, 0.05) is 46.7 Å². The van der Waals surface area contributed by atoms with Gasteiger partial charge in [-0.3, -0.25) is 4.79 Å². The molecule has 0 radical (unpaired) electrons. The lowest BCUT2D eigenvalue weighted by molar-refractivity contribution is 0.0953. The van der Waals surface area contributed by atoms with Crippen LogP contribution in [0.2, 0.25) is 5.02 Å². The van der Waals surface area contributed by atoms with Gasteiger partial charge >= 0.3 is 0 Å². The smallest absolute Gasteiger partial charge is 0.254 e. The maximum atomic E-state index is 12.3. The number of aromatic nitrogens is 3. The van der Waals surface area contributed by atoms with Crippen LogP contribution in [0.3, 0.4) is 0 Å². The number of amides is 1. The molecule has 2 heterocycles. The van der Waals surface area contributed by atoms with E-state index >= 15 is 0 Å². The van der Waals surface area contributed by atoms with E-state index in [0.717, 1.165) is 17.6 Å². The van der Waals surface area contributed by atoms with Crippen molar-refractivity contribution in [2.75, 3.05) is 11.9 Å². The van der Waals surface area contributed by atoms with Crippen LogP contribution < -0.4 is 10.6 Å². The molecule has 6 nitrogen and oxygen atoms in total. The van der Waals surface area contributed by atoms with Gasteiger partial charge < -0.3 is 15.6 Å². The molecule has 2 aromatic carbocycles. The second-order valence-corrected chi connectivity index (χ2v) is 6.73. The number of nitrogens with one attached hydrogen (secondary N) is 3. The molecule has 0 atom stereocenters. The number of benzene rings is 2. The molecule has 0 bridgehead atoms. The summed E-state index contributed by atoms with van der Waals surface area (Å²) in [6.45, 7) is 0.531. The van der Waals surface area contributed by atoms with Gasteiger partial charge in [0.2, 0.25) is 5.95 Å². The van der Waals surface area contributed by atoms with Gasteiger partial charge in [0.15, 0.2) is 0 Å². The molecule has 0 saturated heterocycles. The number of carbonyl (C=O) groups is 1. The molecule has 0 unspecified atom stereocenters. The first-order valence-corrected chi connectivity index (χ1v) is 9.25. The van der Waals surface area contributed by atoms with Crippen molar-refractivity contribution in [1.82, 2.24) is 20.3 Å². The number of aromatic amines is 1. The molecule has 3 N–H and O–H groups in total. The van der Waals surface area contributed by atoms with Gasteiger partial charge in [0.25, 0.3) is 5.91 Å². The van der Waals surface area contributed by atoms with E-state index in [1.807, 2.05) is 36.5 Å². The fraction of sp³-hybridized carbons (Fsp3) is 0.0952. The Bertz CT molecular complexity index is 1110. The number of nitrogens with zero attached hydrogens (tertiary/aromatic N) is 2. The van der Waals surface area contributed by atoms with Crippen LogP contribution in [0.1, 0.15) is 15.9 Å². The third-order valence-corrected chi connectivity index (χ3v) is 4.58. The second-order valence-electron chi connectivity index (χ2n) is 6.30. The third-order valence-electron chi connectivity index (χ3n) is 4.35. The van der Waals surface area contributed by atoms with Crippen molar-refractivity contribution in [1.29, 1.82) is 0 Å². The molecular formula is C21H18ClN5O. The van der Waals surface area contributed by atoms with Gasteiger partial charge in [-0.2, -0.15) is 0 Å². The van der Waals surface area contributed by atoms with Crippen molar-refractivity contribution in [3.8, 4) is 0 Å². The Morgan fingerprint density at radius 1 is 1.07 bits per heavy atom. The Kier molecular flexibility index (Phi) is 5.21. The molecule has 28 heavy (non-hydrogen) atoms. The van der Waals surface area contributed by atoms with E-state index in [1.165, 1.54) is 23.3 Å². The predicted molar refractivity (Wildman–Crippen MR) is 111 cm³/mol. The average molecular weight is 392 g/mol. The molecule has 0 saturated carbocycles. The van der Waals surface area contributed by atoms with E-state index in [0.29, 0.717) is 23.1 Å². The monoisotopic (exact) mass is 391 g/mol. The number of para-hydroxylation sites is 1. The minimum Gasteiger partial charge on any atom is -0.361 e. The third kappa shape index (κ3) is 4.13. The van der Waals surface area contributed by atoms with Crippen LogP contribution in [0.25, 0.3) is 10.9 Å². The van der Waals surface area contributed by atoms with Crippen LogP contribution in [-0.4, -0.2) is 27.4 Å². The molecule has 0 fully saturated rings. The molecule has 0 spiro atoms. The standard InChI is InChI=1S/C21H18ClN5O/c22-16-4-3-5-17(10-16)27-21-25-12-15(13-26-21)20(28)23-9-8-14-11-24-19-7-2-1-6-18(14)19/h1-7,10-13,24H,8-9H2,(H,23,28)(H,25,26,27). The lowest BCUT2D eigenvalue weighted by atomic mass is 10.1. The Balaban J connectivity index is 1.33. The number of halogens is 1. The number of hydrogen-bond acceptors (Lipinski definition) is 4. The van der Waals surface area contributed by atoms with E-state index in [1.54, 1.807) is 12.1 Å². The second kappa shape index (κ2) is 8.10. The van der Waals surface area contributed by atoms with E-state index in [4.69, 9.17) is 11.6 Å². The number of hydrogen-bond donors (Lipinski definition) is 3. The molecule has 1 amide bonds. The van der Waals surface area contributed by atoms with Gasteiger partial charge in [0.05, 0.1) is 5.56 Å². The summed E-state index contributed by atoms with van der Waals surface area (Å²) in [4.78, 5) is 23.9. The topological polar surface area (TPSA) is 82.7 Å². The number of anilines is 2. The van der Waals surface area contributed by atoms with Crippen molar-refractivity contribution >= 4 is 40.0 Å². The summed E-state index contributed by atoms with van der Waals surface area (Å²) in [5.41, 5.74) is 3.47. The highest BCUT2D eigenvalue weighted by molar-refractivity contribution is 6.30. The number of fused-ring (bicyclic) bond motifs is 1. The van der Waals surface area contributed by atoms with Crippen LogP contribution in [0, 0.1) is 0 Å². The summed E-state index contributed by atoms with van der Waals surface area (Å²) in [6, 6.07) is 15.4. The Morgan fingerprint density at radius 2 is 1.89 bits per heavy atom. The summed E-state index contributed by atoms with van der Waals surface area (Å²) < 4.78 is 0. The van der Waals surface area contributed by atoms with Crippen molar-refractivity contribution in [2.45, 2.75) is 6.42 Å². The molecule has 2 aromatic heterocycles. The highest BCUT2D eigenvalue weighted by atomic mass is 35.5. The first kappa shape index (κ1) is 18.0. The quantitative estimate of drug-likeness (QED) is 0.457. The first-order chi connectivity index (χ1) is 13.7. The molecule has 7 heteroatoms. The van der Waals surface area contributed by atoms with Gasteiger partial charge in [-0.15, -0.1) is 0 Å². The van der Waals surface area contributed by atoms with E-state index < -0.39 is 0 Å². The van der Waals surface area contributed by atoms with E-state index in [9.17, 15) is 4.79 Å². The van der Waals surface area contributed by atoms with Gasteiger partial charge in [-0.05, 0) is 36.2 Å². The van der Waals surface area contributed by atoms with Crippen LogP contribution in [0.4, 0.5) is 11.6 Å². The van der Waals surface area contributed by atoms with Crippen molar-refractivity contribution in [3.63, 3.8) is 0 Å². The number of rotatable bonds is 6. The van der Waals surface area contributed by atoms with Crippen molar-refractivity contribution < 1.29 is 4.79 Å². The molecular weight excluding hydrogens is 374 g/mol. The molecule has 0 aliphatic carbocycles. The maximum absolute atomic E-state index is 12.3. The fourth-order valence-corrected chi connectivity index (χ4v) is 3.15. The SMILES string of the molecule is O=C(NCCc1c[nH]c2ccccc12)c1cnc(Nc2cccc(Cl)c2)nc1. The number of H-pyrrole nitrogens is 1. The summed E-state index contributed by atoms with van der Waals surface area (Å²) >= 11 is 5.96. The highest BCUT2D eigenvalue weighted by Crippen LogP contribution is 2.18. The van der Waals surface area contributed by atoms with Crippen LogP contribution in [0.5, 0.6) is 0 Å². The lowest BCUT2D eigenvalue weighted by Crippen LogP contribution is -2.26. The molecule has 140 valence electrons. The maximum Gasteiger partial charge on any atom is 0.254 e. The molecule has 0 aliphatic heterocycles. The van der Waals surface area contributed by atoms with Gasteiger partial charge in [-0.1, -0.05) is 35.9 Å². The Morgan fingerprint density at radius 3 is 2.71 bits per heavy atom. The summed E-state index contributed by atoms with van der Waals surface area (Å²) in [5.74, 6) is 0.201. The zero-order valence-electron chi connectivity index (χ0n) is 14.9. The van der Waals surface area contributed by atoms with E-state index in [2.05, 4.69) is 31.7 Å². The molecule has 0 aliphatic rings. The summed E-state index contributed by atoms with van der Waals surface area (Å²) in [5, 5.41) is 7.75. The summed E-state index contributed by atoms with van der Waals surface area (Å²) in [7, 11) is 0. The van der Waals surface area contributed by atoms with Crippen LogP contribution >= 0.6 is 11.6 Å². The minimum absolute atomic E-state index is 0.200. The van der Waals surface area contributed by atoms with Crippen molar-refractivity contribution in [2.24, 2.45) is 0 Å². The zero-order chi connectivity index (χ0) is 19.3. The largest absolute Gasteiger partial charge is 0.361 e. The average Bonchev–Trinajstić information content (AvgIpc) is 3.12. The lowest BCUT2D eigenvalue weighted by Gasteiger charge is -2.07. The van der Waals surface area contributed by atoms with E-state index in [-0.39, 0.29) is 5.91 Å². The highest BCUT2D eigenvalue weighted by Gasteiger charge is 2.08. The minimum atomic E-state index is -0.200.